The van der Waals surface area contributed by atoms with Crippen molar-refractivity contribution in [3.8, 4) is 0 Å². The third-order valence-corrected chi connectivity index (χ3v) is 6.54. The van der Waals surface area contributed by atoms with Gasteiger partial charge < -0.3 is 13.3 Å². The fourth-order valence-corrected chi connectivity index (χ4v) is 8.23. The molecule has 0 aromatic rings. The quantitative estimate of drug-likeness (QED) is 0.528. The van der Waals surface area contributed by atoms with E-state index in [1.54, 1.807) is 0 Å². The Morgan fingerprint density at radius 2 is 1.05 bits per heavy atom. The van der Waals surface area contributed by atoms with Crippen molar-refractivity contribution in [1.29, 1.82) is 0 Å². The molecule has 19 heavy (non-hydrogen) atoms. The molecule has 0 saturated carbocycles. The lowest BCUT2D eigenvalue weighted by Crippen LogP contribution is -2.54. The van der Waals surface area contributed by atoms with Gasteiger partial charge in [0.2, 0.25) is 0 Å². The van der Waals surface area contributed by atoms with Crippen molar-refractivity contribution in [1.82, 2.24) is 0 Å². The molecular weight excluding hydrogens is 304 g/mol. The normalized spacial score (nSPS) is 15.3. The van der Waals surface area contributed by atoms with Gasteiger partial charge in [-0.2, -0.15) is 0 Å². The van der Waals surface area contributed by atoms with Crippen molar-refractivity contribution < 1.29 is 13.3 Å². The minimum atomic E-state index is -1.70. The molecule has 0 spiro atoms. The molecule has 1 radical (unpaired) electrons. The van der Waals surface area contributed by atoms with Crippen molar-refractivity contribution in [2.24, 2.45) is 0 Å². The number of hydrogen-bond donors (Lipinski definition) is 0. The molecule has 0 rings (SSSR count). The zero-order valence-corrected chi connectivity index (χ0v) is 19.7. The highest BCUT2D eigenvalue weighted by atomic mass is 28.4. The van der Waals surface area contributed by atoms with Gasteiger partial charge in [-0.05, 0) is 65.8 Å². The van der Waals surface area contributed by atoms with Crippen molar-refractivity contribution in [2.45, 2.75) is 71.6 Å². The van der Waals surface area contributed by atoms with E-state index >= 15 is 0 Å². The van der Waals surface area contributed by atoms with Crippen LogP contribution in [0.4, 0.5) is 0 Å². The van der Waals surface area contributed by atoms with Crippen LogP contribution in [0.2, 0.25) is 58.9 Å². The van der Waals surface area contributed by atoms with Crippen LogP contribution < -0.4 is 0 Å². The molecule has 0 aromatic heterocycles. The Morgan fingerprint density at radius 3 is 1.26 bits per heavy atom. The molecule has 0 fully saturated rings. The highest BCUT2D eigenvalue weighted by Gasteiger charge is 2.43. The minimum absolute atomic E-state index is 0.651. The second-order valence-corrected chi connectivity index (χ2v) is 22.3. The van der Waals surface area contributed by atoms with Crippen molar-refractivity contribution in [3.63, 3.8) is 0 Å². The molecule has 0 atom stereocenters. The fraction of sp³-hybridized carbons (Fsp3) is 0.917. The maximum absolute atomic E-state index is 6.36. The summed E-state index contributed by atoms with van der Waals surface area (Å²) in [5.74, 6) is -0.651. The van der Waals surface area contributed by atoms with Gasteiger partial charge in [-0.25, -0.2) is 0 Å². The first-order chi connectivity index (χ1) is 8.04. The van der Waals surface area contributed by atoms with Gasteiger partial charge in [0.1, 0.15) is 5.73 Å². The lowest BCUT2D eigenvalue weighted by atomic mass is 10.4. The summed E-state index contributed by atoms with van der Waals surface area (Å²) >= 11 is 0. The van der Waals surface area contributed by atoms with Crippen LogP contribution in [0.1, 0.15) is 6.92 Å². The summed E-state index contributed by atoms with van der Waals surface area (Å²) in [5, 5.41) is 0. The van der Waals surface area contributed by atoms with E-state index in [0.717, 1.165) is 16.0 Å². The van der Waals surface area contributed by atoms with Gasteiger partial charge in [0.25, 0.3) is 0 Å². The second kappa shape index (κ2) is 6.25. The van der Waals surface area contributed by atoms with Crippen LogP contribution in [0.5, 0.6) is 0 Å². The highest BCUT2D eigenvalue weighted by molar-refractivity contribution is 6.71. The lowest BCUT2D eigenvalue weighted by molar-refractivity contribution is -0.117. The van der Waals surface area contributed by atoms with E-state index in [1.165, 1.54) is 0 Å². The lowest BCUT2D eigenvalue weighted by Gasteiger charge is -2.45. The van der Waals surface area contributed by atoms with Crippen LogP contribution in [0.15, 0.2) is 0 Å². The Kier molecular flexibility index (Phi) is 6.49. The van der Waals surface area contributed by atoms with Gasteiger partial charge in [-0.15, -0.1) is 0 Å². The summed E-state index contributed by atoms with van der Waals surface area (Å²) in [4.78, 5) is 0. The van der Waals surface area contributed by atoms with Gasteiger partial charge in [-0.3, -0.25) is 0 Å². The van der Waals surface area contributed by atoms with E-state index in [4.69, 9.17) is 13.3 Å². The Labute approximate surface area is 126 Å². The molecule has 0 heterocycles. The van der Waals surface area contributed by atoms with Gasteiger partial charge in [0.05, 0.1) is 10.2 Å². The van der Waals surface area contributed by atoms with Crippen LogP contribution in [-0.2, 0) is 13.3 Å². The molecule has 7 heteroatoms. The first-order valence-corrected chi connectivity index (χ1v) is 18.2. The maximum atomic E-state index is 6.36. The van der Waals surface area contributed by atoms with E-state index in [2.05, 4.69) is 58.9 Å². The predicted octanol–water partition coefficient (Wildman–Crippen LogP) is 3.11. The van der Waals surface area contributed by atoms with Gasteiger partial charge in [0, 0.05) is 0 Å². The van der Waals surface area contributed by atoms with Crippen LogP contribution in [0.3, 0.4) is 0 Å². The van der Waals surface area contributed by atoms with Crippen molar-refractivity contribution in [3.05, 3.63) is 5.73 Å². The smallest absolute Gasteiger partial charge is 0.187 e. The summed E-state index contributed by atoms with van der Waals surface area (Å²) < 4.78 is 18.9. The minimum Gasteiger partial charge on any atom is -0.408 e. The standard InChI is InChI=1S/C12H33O3Si4/c1-12(14-18(5,6)7,15-19(8,9)10)11(16)13-17(2,3)4/h1-10,16H3. The molecule has 0 amide bonds. The van der Waals surface area contributed by atoms with Crippen LogP contribution in [0, 0.1) is 5.73 Å². The average Bonchev–Trinajstić information content (AvgIpc) is 1.91. The third-order valence-electron chi connectivity index (χ3n) is 2.10. The molecule has 0 aliphatic carbocycles. The summed E-state index contributed by atoms with van der Waals surface area (Å²) in [5.41, 5.74) is 1.01. The van der Waals surface area contributed by atoms with E-state index in [0.29, 0.717) is 0 Å². The molecule has 0 unspecified atom stereocenters. The zero-order chi connectivity index (χ0) is 15.7. The van der Waals surface area contributed by atoms with E-state index in [9.17, 15) is 0 Å². The van der Waals surface area contributed by atoms with Crippen molar-refractivity contribution in [2.75, 3.05) is 0 Å². The molecule has 0 N–H and O–H groups in total. The highest BCUT2D eigenvalue weighted by Crippen LogP contribution is 2.33. The Balaban J connectivity index is 5.15. The first-order valence-electron chi connectivity index (χ1n) is 6.97. The monoisotopic (exact) mass is 337 g/mol. The molecule has 0 aliphatic heterocycles. The molecule has 0 bridgehead atoms. The van der Waals surface area contributed by atoms with Crippen LogP contribution in [0.25, 0.3) is 0 Å². The summed E-state index contributed by atoms with van der Waals surface area (Å²) in [6.07, 6.45) is 0. The van der Waals surface area contributed by atoms with Crippen LogP contribution >= 0.6 is 0 Å². The summed E-state index contributed by atoms with van der Waals surface area (Å²) in [7, 11) is -4.17. The zero-order valence-electron chi connectivity index (χ0n) is 14.7. The van der Waals surface area contributed by atoms with Gasteiger partial charge in [0.15, 0.2) is 30.7 Å². The largest absolute Gasteiger partial charge is 0.408 e. The van der Waals surface area contributed by atoms with E-state index in [1.807, 2.05) is 6.92 Å². The summed E-state index contributed by atoms with van der Waals surface area (Å²) in [6, 6.07) is 0. The maximum Gasteiger partial charge on any atom is 0.187 e. The molecule has 0 aromatic carbocycles. The molecule has 0 aliphatic rings. The Hall–Kier alpha value is 0.748. The second-order valence-electron chi connectivity index (χ2n) is 8.15. The van der Waals surface area contributed by atoms with Gasteiger partial charge in [-0.1, -0.05) is 0 Å². The van der Waals surface area contributed by atoms with E-state index < -0.39 is 30.7 Å². The number of rotatable bonds is 7. The third kappa shape index (κ3) is 9.32. The topological polar surface area (TPSA) is 27.7 Å². The van der Waals surface area contributed by atoms with Crippen molar-refractivity contribution >= 4 is 35.2 Å². The molecule has 0 saturated heterocycles. The average molecular weight is 338 g/mol. The molecule has 3 nitrogen and oxygen atoms in total. The predicted molar refractivity (Wildman–Crippen MR) is 94.9 cm³/mol. The summed E-state index contributed by atoms with van der Waals surface area (Å²) in [6.45, 7) is 21.8. The Bertz CT molecular complexity index is 273. The molecular formula is C12H33O3Si4. The fourth-order valence-electron chi connectivity index (χ4n) is 1.89. The van der Waals surface area contributed by atoms with E-state index in [-0.39, 0.29) is 0 Å². The number of hydrogen-bond acceptors (Lipinski definition) is 3. The molecule has 115 valence electrons. The van der Waals surface area contributed by atoms with Crippen LogP contribution in [-0.4, -0.2) is 41.0 Å². The first kappa shape index (κ1) is 19.7. The Morgan fingerprint density at radius 1 is 0.737 bits per heavy atom. The SMILES string of the molecule is CC(O[Si](C)(C)C)(O[Si](C)(C)C)[C]([SiH3])O[Si](C)(C)C. The van der Waals surface area contributed by atoms with Gasteiger partial charge >= 0.3 is 0 Å².